The fraction of sp³-hybridized carbons (Fsp3) is 0.176. The molecule has 0 atom stereocenters. The van der Waals surface area contributed by atoms with E-state index in [9.17, 15) is 9.59 Å². The van der Waals surface area contributed by atoms with Crippen LogP contribution in [0.4, 0.5) is 5.69 Å². The van der Waals surface area contributed by atoms with E-state index in [0.29, 0.717) is 27.0 Å². The largest absolute Gasteiger partial charge is 0.496 e. The van der Waals surface area contributed by atoms with Gasteiger partial charge in [0, 0.05) is 22.8 Å². The van der Waals surface area contributed by atoms with Crippen LogP contribution in [0.15, 0.2) is 42.5 Å². The third-order valence-corrected chi connectivity index (χ3v) is 3.70. The summed E-state index contributed by atoms with van der Waals surface area (Å²) in [5.41, 5.74) is 0.900. The highest BCUT2D eigenvalue weighted by Gasteiger charge is 2.19. The second kappa shape index (κ2) is 8.04. The lowest BCUT2D eigenvalue weighted by Crippen LogP contribution is -2.35. The summed E-state index contributed by atoms with van der Waals surface area (Å²) in [6.45, 7) is -0.114. The van der Waals surface area contributed by atoms with Gasteiger partial charge < -0.3 is 15.0 Å². The number of nitrogens with zero attached hydrogens (tertiary/aromatic N) is 1. The van der Waals surface area contributed by atoms with E-state index >= 15 is 0 Å². The highest BCUT2D eigenvalue weighted by molar-refractivity contribution is 6.31. The molecule has 0 aliphatic rings. The maximum absolute atomic E-state index is 12.5. The Labute approximate surface area is 150 Å². The molecule has 24 heavy (non-hydrogen) atoms. The monoisotopic (exact) mass is 366 g/mol. The van der Waals surface area contributed by atoms with Crippen LogP contribution in [0.1, 0.15) is 10.4 Å². The number of likely N-dealkylation sites (N-methyl/N-ethyl adjacent to an activating group) is 1. The Bertz CT molecular complexity index is 765. The van der Waals surface area contributed by atoms with Crippen LogP contribution < -0.4 is 10.1 Å². The van der Waals surface area contributed by atoms with Crippen LogP contribution in [0.3, 0.4) is 0 Å². The van der Waals surface area contributed by atoms with Crippen LogP contribution in [0, 0.1) is 0 Å². The summed E-state index contributed by atoms with van der Waals surface area (Å²) >= 11 is 11.8. The maximum atomic E-state index is 12.5. The predicted molar refractivity (Wildman–Crippen MR) is 95.0 cm³/mol. The number of nitrogens with one attached hydrogen (secondary N) is 1. The molecule has 1 N–H and O–H groups in total. The van der Waals surface area contributed by atoms with E-state index in [-0.39, 0.29) is 18.4 Å². The number of carbonyl (C=O) groups excluding carboxylic acids is 2. The first-order chi connectivity index (χ1) is 11.4. The Morgan fingerprint density at radius 3 is 2.50 bits per heavy atom. The van der Waals surface area contributed by atoms with Gasteiger partial charge in [-0.1, -0.05) is 29.3 Å². The first-order valence-electron chi connectivity index (χ1n) is 7.05. The summed E-state index contributed by atoms with van der Waals surface area (Å²) in [4.78, 5) is 25.9. The average Bonchev–Trinajstić information content (AvgIpc) is 2.53. The smallest absolute Gasteiger partial charge is 0.257 e. The minimum atomic E-state index is -0.343. The predicted octanol–water partition coefficient (Wildman–Crippen LogP) is 3.71. The molecule has 0 fully saturated rings. The Kier molecular flexibility index (Phi) is 6.06. The molecule has 2 aromatic carbocycles. The van der Waals surface area contributed by atoms with Crippen molar-refractivity contribution in [3.05, 3.63) is 58.1 Å². The van der Waals surface area contributed by atoms with Gasteiger partial charge in [-0.25, -0.2) is 0 Å². The van der Waals surface area contributed by atoms with Crippen LogP contribution in [0.2, 0.25) is 10.0 Å². The molecular weight excluding hydrogens is 351 g/mol. The molecule has 7 heteroatoms. The first kappa shape index (κ1) is 18.1. The second-order valence-electron chi connectivity index (χ2n) is 5.06. The van der Waals surface area contributed by atoms with E-state index in [1.165, 1.54) is 19.1 Å². The van der Waals surface area contributed by atoms with Gasteiger partial charge in [-0.05, 0) is 36.4 Å². The van der Waals surface area contributed by atoms with Crippen molar-refractivity contribution in [3.63, 3.8) is 0 Å². The van der Waals surface area contributed by atoms with Gasteiger partial charge in [0.05, 0.1) is 19.2 Å². The Balaban J connectivity index is 2.05. The average molecular weight is 367 g/mol. The number of amides is 2. The molecule has 2 amide bonds. The number of methoxy groups -OCH3 is 1. The molecule has 2 aromatic rings. The molecule has 0 aromatic heterocycles. The molecule has 0 aliphatic carbocycles. The fourth-order valence-electron chi connectivity index (χ4n) is 2.10. The lowest BCUT2D eigenvalue weighted by Gasteiger charge is -2.18. The van der Waals surface area contributed by atoms with Crippen molar-refractivity contribution < 1.29 is 14.3 Å². The standard InChI is InChI=1S/C17H16Cl2N2O3/c1-21(10-16(22)20-13-5-3-4-11(18)8-13)17(23)14-7-6-12(19)9-15(14)24-2/h3-9H,10H2,1-2H3,(H,20,22). The van der Waals surface area contributed by atoms with Crippen LogP contribution in [-0.2, 0) is 4.79 Å². The summed E-state index contributed by atoms with van der Waals surface area (Å²) in [7, 11) is 2.99. The molecule has 0 unspecified atom stereocenters. The first-order valence-corrected chi connectivity index (χ1v) is 7.80. The van der Waals surface area contributed by atoms with Crippen LogP contribution >= 0.6 is 23.2 Å². The number of halogens is 2. The molecule has 0 radical (unpaired) electrons. The van der Waals surface area contributed by atoms with Gasteiger partial charge in [-0.2, -0.15) is 0 Å². The molecule has 5 nitrogen and oxygen atoms in total. The van der Waals surface area contributed by atoms with Gasteiger partial charge in [0.2, 0.25) is 5.91 Å². The van der Waals surface area contributed by atoms with Gasteiger partial charge in [-0.3, -0.25) is 9.59 Å². The van der Waals surface area contributed by atoms with Crippen LogP contribution in [-0.4, -0.2) is 37.4 Å². The SMILES string of the molecule is COc1cc(Cl)ccc1C(=O)N(C)CC(=O)Nc1cccc(Cl)c1. The van der Waals surface area contributed by atoms with Gasteiger partial charge in [-0.15, -0.1) is 0 Å². The van der Waals surface area contributed by atoms with Crippen LogP contribution in [0.25, 0.3) is 0 Å². The topological polar surface area (TPSA) is 58.6 Å². The number of anilines is 1. The number of hydrogen-bond donors (Lipinski definition) is 1. The quantitative estimate of drug-likeness (QED) is 0.877. The Morgan fingerprint density at radius 1 is 1.12 bits per heavy atom. The highest BCUT2D eigenvalue weighted by atomic mass is 35.5. The van der Waals surface area contributed by atoms with Crippen molar-refractivity contribution in [1.82, 2.24) is 4.90 Å². The normalized spacial score (nSPS) is 10.2. The third-order valence-electron chi connectivity index (χ3n) is 3.23. The van der Waals surface area contributed by atoms with Crippen molar-refractivity contribution in [2.45, 2.75) is 0 Å². The lowest BCUT2D eigenvalue weighted by atomic mass is 10.1. The lowest BCUT2D eigenvalue weighted by molar-refractivity contribution is -0.116. The van der Waals surface area contributed by atoms with Gasteiger partial charge >= 0.3 is 0 Å². The Hall–Kier alpha value is -2.24. The van der Waals surface area contributed by atoms with E-state index < -0.39 is 0 Å². The summed E-state index contributed by atoms with van der Waals surface area (Å²) < 4.78 is 5.16. The van der Waals surface area contributed by atoms with Gasteiger partial charge in [0.15, 0.2) is 0 Å². The third kappa shape index (κ3) is 4.63. The van der Waals surface area contributed by atoms with E-state index in [1.54, 1.807) is 42.5 Å². The van der Waals surface area contributed by atoms with Crippen molar-refractivity contribution >= 4 is 40.7 Å². The fourth-order valence-corrected chi connectivity index (χ4v) is 2.45. The van der Waals surface area contributed by atoms with E-state index in [0.717, 1.165) is 0 Å². The van der Waals surface area contributed by atoms with E-state index in [4.69, 9.17) is 27.9 Å². The molecular formula is C17H16Cl2N2O3. The minimum absolute atomic E-state index is 0.114. The molecule has 0 heterocycles. The second-order valence-corrected chi connectivity index (χ2v) is 5.94. The van der Waals surface area contributed by atoms with Crippen molar-refractivity contribution in [2.75, 3.05) is 26.0 Å². The molecule has 0 spiro atoms. The zero-order valence-corrected chi connectivity index (χ0v) is 14.7. The molecule has 0 bridgehead atoms. The Morgan fingerprint density at radius 2 is 1.83 bits per heavy atom. The van der Waals surface area contributed by atoms with Crippen molar-refractivity contribution in [2.24, 2.45) is 0 Å². The number of benzene rings is 2. The number of rotatable bonds is 5. The van der Waals surface area contributed by atoms with Gasteiger partial charge in [0.1, 0.15) is 5.75 Å². The summed E-state index contributed by atoms with van der Waals surface area (Å²) in [6, 6.07) is 11.5. The number of carbonyl (C=O) groups is 2. The van der Waals surface area contributed by atoms with Crippen molar-refractivity contribution in [3.8, 4) is 5.75 Å². The summed E-state index contributed by atoms with van der Waals surface area (Å²) in [6.07, 6.45) is 0. The van der Waals surface area contributed by atoms with Crippen molar-refractivity contribution in [1.29, 1.82) is 0 Å². The molecule has 2 rings (SSSR count). The number of ether oxygens (including phenoxy) is 1. The van der Waals surface area contributed by atoms with E-state index in [1.807, 2.05) is 0 Å². The minimum Gasteiger partial charge on any atom is -0.496 e. The van der Waals surface area contributed by atoms with Gasteiger partial charge in [0.25, 0.3) is 5.91 Å². The molecule has 0 aliphatic heterocycles. The zero-order chi connectivity index (χ0) is 17.7. The van der Waals surface area contributed by atoms with Crippen LogP contribution in [0.5, 0.6) is 5.75 Å². The number of hydrogen-bond acceptors (Lipinski definition) is 3. The molecule has 126 valence electrons. The summed E-state index contributed by atoms with van der Waals surface area (Å²) in [5.74, 6) is -0.319. The maximum Gasteiger partial charge on any atom is 0.257 e. The van der Waals surface area contributed by atoms with E-state index in [2.05, 4.69) is 5.32 Å². The highest BCUT2D eigenvalue weighted by Crippen LogP contribution is 2.24. The molecule has 0 saturated carbocycles. The molecule has 0 saturated heterocycles. The zero-order valence-electron chi connectivity index (χ0n) is 13.2. The summed E-state index contributed by atoms with van der Waals surface area (Å²) in [5, 5.41) is 3.67.